The molecule has 0 aliphatic heterocycles. The van der Waals surface area contributed by atoms with Crippen molar-refractivity contribution >= 4 is 31.9 Å². The molecule has 0 nitrogen and oxygen atoms in total. The molecule has 0 aromatic heterocycles. The molecule has 0 spiro atoms. The van der Waals surface area contributed by atoms with Crippen LogP contribution in [0.3, 0.4) is 0 Å². The van der Waals surface area contributed by atoms with E-state index in [0.717, 1.165) is 14.5 Å². The molecule has 0 bridgehead atoms. The summed E-state index contributed by atoms with van der Waals surface area (Å²) >= 11 is 6.68. The van der Waals surface area contributed by atoms with Crippen molar-refractivity contribution in [3.8, 4) is 0 Å². The number of hydrogen-bond donors (Lipinski definition) is 0. The van der Waals surface area contributed by atoms with Gasteiger partial charge in [0, 0.05) is 4.48 Å². The molecule has 0 rings (SSSR count). The number of hydrogen-bond acceptors (Lipinski definition) is 0. The van der Waals surface area contributed by atoms with Crippen molar-refractivity contribution in [1.82, 2.24) is 0 Å². The Morgan fingerprint density at radius 2 is 1.70 bits per heavy atom. The SMILES string of the molecule is C=C(C)/C(Br)=C\C=C(/C)Br. The fourth-order valence-corrected chi connectivity index (χ4v) is 0.595. The van der Waals surface area contributed by atoms with Gasteiger partial charge in [-0.1, -0.05) is 44.5 Å². The molecule has 0 aromatic carbocycles. The third-order valence-electron chi connectivity index (χ3n) is 0.867. The van der Waals surface area contributed by atoms with E-state index in [2.05, 4.69) is 38.4 Å². The van der Waals surface area contributed by atoms with Gasteiger partial charge in [-0.05, 0) is 30.0 Å². The molecule has 0 aromatic rings. The van der Waals surface area contributed by atoms with Crippen molar-refractivity contribution in [1.29, 1.82) is 0 Å². The Morgan fingerprint density at radius 3 is 2.00 bits per heavy atom. The fraction of sp³-hybridized carbons (Fsp3) is 0.250. The molecule has 2 heteroatoms. The lowest BCUT2D eigenvalue weighted by Gasteiger charge is -1.92. The first-order valence-corrected chi connectivity index (χ1v) is 4.48. The van der Waals surface area contributed by atoms with Gasteiger partial charge in [-0.3, -0.25) is 0 Å². The minimum absolute atomic E-state index is 1.03. The minimum Gasteiger partial charge on any atom is -0.0950 e. The van der Waals surface area contributed by atoms with Crippen LogP contribution in [0.25, 0.3) is 0 Å². The molecule has 0 aliphatic rings. The van der Waals surface area contributed by atoms with Crippen LogP contribution in [0.1, 0.15) is 13.8 Å². The van der Waals surface area contributed by atoms with E-state index in [1.165, 1.54) is 0 Å². The molecule has 0 amide bonds. The van der Waals surface area contributed by atoms with Gasteiger partial charge in [-0.2, -0.15) is 0 Å². The highest BCUT2D eigenvalue weighted by atomic mass is 79.9. The summed E-state index contributed by atoms with van der Waals surface area (Å²) in [5.41, 5.74) is 1.03. The lowest BCUT2D eigenvalue weighted by Crippen LogP contribution is -1.69. The molecule has 10 heavy (non-hydrogen) atoms. The Morgan fingerprint density at radius 1 is 1.20 bits per heavy atom. The first-order chi connectivity index (χ1) is 4.54. The van der Waals surface area contributed by atoms with Crippen molar-refractivity contribution < 1.29 is 0 Å². The average Bonchev–Trinajstić information content (AvgIpc) is 1.82. The Hall–Kier alpha value is 0.180. The lowest BCUT2D eigenvalue weighted by molar-refractivity contribution is 1.54. The van der Waals surface area contributed by atoms with Gasteiger partial charge < -0.3 is 0 Å². The van der Waals surface area contributed by atoms with Crippen molar-refractivity contribution in [3.63, 3.8) is 0 Å². The summed E-state index contributed by atoms with van der Waals surface area (Å²) in [7, 11) is 0. The largest absolute Gasteiger partial charge is 0.0950 e. The zero-order valence-corrected chi connectivity index (χ0v) is 9.29. The summed E-state index contributed by atoms with van der Waals surface area (Å²) in [5.74, 6) is 0. The maximum atomic E-state index is 3.77. The fourth-order valence-electron chi connectivity index (χ4n) is 0.330. The molecule has 0 atom stereocenters. The number of halogens is 2. The summed E-state index contributed by atoms with van der Waals surface area (Å²) in [5, 5.41) is 0. The second-order valence-electron chi connectivity index (χ2n) is 2.05. The van der Waals surface area contributed by atoms with E-state index in [9.17, 15) is 0 Å². The van der Waals surface area contributed by atoms with Gasteiger partial charge >= 0.3 is 0 Å². The van der Waals surface area contributed by atoms with E-state index in [1.807, 2.05) is 26.0 Å². The monoisotopic (exact) mass is 264 g/mol. The Kier molecular flexibility index (Phi) is 5.00. The van der Waals surface area contributed by atoms with E-state index in [4.69, 9.17) is 0 Å². The second kappa shape index (κ2) is 4.91. The van der Waals surface area contributed by atoms with E-state index in [-0.39, 0.29) is 0 Å². The van der Waals surface area contributed by atoms with Crippen LogP contribution in [0.15, 0.2) is 33.3 Å². The number of rotatable bonds is 2. The predicted octanol–water partition coefficient (Wildman–Crippen LogP) is 4.14. The second-order valence-corrected chi connectivity index (χ2v) is 4.15. The maximum Gasteiger partial charge on any atom is 0.0198 e. The maximum absolute atomic E-state index is 3.77. The Labute approximate surface area is 79.0 Å². The molecule has 0 aliphatic carbocycles. The summed E-state index contributed by atoms with van der Waals surface area (Å²) in [6.45, 7) is 7.71. The van der Waals surface area contributed by atoms with Crippen LogP contribution in [0, 0.1) is 0 Å². The first kappa shape index (κ1) is 10.2. The molecule has 0 fully saturated rings. The quantitative estimate of drug-likeness (QED) is 0.659. The zero-order valence-electron chi connectivity index (χ0n) is 6.12. The molecule has 0 heterocycles. The van der Waals surface area contributed by atoms with Gasteiger partial charge in [0.15, 0.2) is 0 Å². The van der Waals surface area contributed by atoms with Crippen LogP contribution in [0.5, 0.6) is 0 Å². The predicted molar refractivity (Wildman–Crippen MR) is 54.5 cm³/mol. The third kappa shape index (κ3) is 5.00. The highest BCUT2D eigenvalue weighted by molar-refractivity contribution is 9.12. The standard InChI is InChI=1S/C8H10Br2/c1-6(2)8(10)5-4-7(3)9/h4-5H,1H2,2-3H3/b7-4+,8-5+. The molecular weight excluding hydrogens is 256 g/mol. The summed E-state index contributed by atoms with van der Waals surface area (Å²) < 4.78 is 2.14. The molecule has 0 saturated carbocycles. The molecule has 0 saturated heterocycles. The van der Waals surface area contributed by atoms with Gasteiger partial charge in [-0.25, -0.2) is 0 Å². The Bertz CT molecular complexity index is 183. The zero-order chi connectivity index (χ0) is 8.15. The molecule has 56 valence electrons. The normalized spacial score (nSPS) is 13.6. The van der Waals surface area contributed by atoms with E-state index in [0.29, 0.717) is 0 Å². The summed E-state index contributed by atoms with van der Waals surface area (Å²) in [4.78, 5) is 0. The van der Waals surface area contributed by atoms with Crippen molar-refractivity contribution in [2.24, 2.45) is 0 Å². The third-order valence-corrected chi connectivity index (χ3v) is 2.07. The van der Waals surface area contributed by atoms with Crippen LogP contribution in [-0.2, 0) is 0 Å². The summed E-state index contributed by atoms with van der Waals surface area (Å²) in [6.07, 6.45) is 3.94. The molecule has 0 unspecified atom stereocenters. The number of allylic oxidation sites excluding steroid dienone is 5. The Balaban J connectivity index is 4.19. The molecule has 0 N–H and O–H groups in total. The van der Waals surface area contributed by atoms with E-state index in [1.54, 1.807) is 0 Å². The van der Waals surface area contributed by atoms with Crippen LogP contribution in [0.4, 0.5) is 0 Å². The van der Waals surface area contributed by atoms with Crippen LogP contribution in [-0.4, -0.2) is 0 Å². The van der Waals surface area contributed by atoms with Gasteiger partial charge in [0.2, 0.25) is 0 Å². The molecular formula is C8H10Br2. The van der Waals surface area contributed by atoms with Gasteiger partial charge in [0.1, 0.15) is 0 Å². The van der Waals surface area contributed by atoms with Gasteiger partial charge in [0.05, 0.1) is 0 Å². The lowest BCUT2D eigenvalue weighted by atomic mass is 10.3. The topological polar surface area (TPSA) is 0 Å². The smallest absolute Gasteiger partial charge is 0.0198 e. The van der Waals surface area contributed by atoms with E-state index >= 15 is 0 Å². The van der Waals surface area contributed by atoms with Crippen LogP contribution >= 0.6 is 31.9 Å². The van der Waals surface area contributed by atoms with Crippen molar-refractivity contribution in [2.45, 2.75) is 13.8 Å². The first-order valence-electron chi connectivity index (χ1n) is 2.89. The van der Waals surface area contributed by atoms with Crippen LogP contribution in [0.2, 0.25) is 0 Å². The summed E-state index contributed by atoms with van der Waals surface area (Å²) in [6, 6.07) is 0. The van der Waals surface area contributed by atoms with Gasteiger partial charge in [-0.15, -0.1) is 0 Å². The van der Waals surface area contributed by atoms with Crippen LogP contribution < -0.4 is 0 Å². The highest BCUT2D eigenvalue weighted by Gasteiger charge is 1.87. The van der Waals surface area contributed by atoms with Crippen molar-refractivity contribution in [3.05, 3.63) is 33.3 Å². The molecule has 0 radical (unpaired) electrons. The average molecular weight is 266 g/mol. The van der Waals surface area contributed by atoms with Gasteiger partial charge in [0.25, 0.3) is 0 Å². The van der Waals surface area contributed by atoms with Crippen molar-refractivity contribution in [2.75, 3.05) is 0 Å². The van der Waals surface area contributed by atoms with E-state index < -0.39 is 0 Å². The highest BCUT2D eigenvalue weighted by Crippen LogP contribution is 2.15. The minimum atomic E-state index is 1.03.